The predicted octanol–water partition coefficient (Wildman–Crippen LogP) is 0.709. The van der Waals surface area contributed by atoms with E-state index in [1.54, 1.807) is 0 Å². The van der Waals surface area contributed by atoms with Crippen LogP contribution in [0.25, 0.3) is 0 Å². The quantitative estimate of drug-likeness (QED) is 0.341. The average molecular weight is 161 g/mol. The van der Waals surface area contributed by atoms with E-state index in [-0.39, 0.29) is 6.17 Å². The van der Waals surface area contributed by atoms with E-state index in [4.69, 9.17) is 0 Å². The van der Waals surface area contributed by atoms with Crippen LogP contribution in [0.4, 0.5) is 0 Å². The van der Waals surface area contributed by atoms with Gasteiger partial charge in [-0.05, 0) is 12.8 Å². The van der Waals surface area contributed by atoms with E-state index >= 15 is 0 Å². The van der Waals surface area contributed by atoms with E-state index < -0.39 is 0 Å². The Morgan fingerprint density at radius 2 is 2.30 bits per heavy atom. The van der Waals surface area contributed by atoms with Crippen LogP contribution in [0.3, 0.4) is 0 Å². The Labute approximate surface area is 68.2 Å². The normalized spacial score (nSPS) is 13.4. The van der Waals surface area contributed by atoms with Gasteiger partial charge in [0.15, 0.2) is 0 Å². The summed E-state index contributed by atoms with van der Waals surface area (Å²) in [5.41, 5.74) is 0. The standard InChI is InChI=1S/C7H17N2S/c1-4-10-6-5-9-7(2)8-3/h7-9H,2,4-6H2,1,3H3/q+1. The third-order valence-corrected chi connectivity index (χ3v) is 2.09. The van der Waals surface area contributed by atoms with Gasteiger partial charge in [-0.2, -0.15) is 11.8 Å². The smallest absolute Gasteiger partial charge is 0.200 e. The number of rotatable bonds is 6. The molecule has 1 unspecified atom stereocenters. The van der Waals surface area contributed by atoms with Crippen LogP contribution < -0.4 is 10.6 Å². The second-order valence-electron chi connectivity index (χ2n) is 1.99. The Kier molecular flexibility index (Phi) is 7.35. The average Bonchev–Trinajstić information content (AvgIpc) is 1.98. The van der Waals surface area contributed by atoms with Gasteiger partial charge in [-0.15, -0.1) is 0 Å². The maximum Gasteiger partial charge on any atom is 0.200 e. The van der Waals surface area contributed by atoms with Gasteiger partial charge in [-0.25, -0.2) is 0 Å². The highest BCUT2D eigenvalue weighted by Gasteiger charge is 2.00. The summed E-state index contributed by atoms with van der Waals surface area (Å²) >= 11 is 1.94. The zero-order valence-corrected chi connectivity index (χ0v) is 7.63. The first-order valence-electron chi connectivity index (χ1n) is 3.62. The van der Waals surface area contributed by atoms with Gasteiger partial charge in [0, 0.05) is 12.3 Å². The molecule has 0 spiro atoms. The van der Waals surface area contributed by atoms with Crippen molar-refractivity contribution in [3.63, 3.8) is 0 Å². The molecule has 0 heterocycles. The molecule has 0 radical (unpaired) electrons. The molecule has 0 aromatic rings. The molecule has 60 valence electrons. The molecule has 0 saturated heterocycles. The summed E-state index contributed by atoms with van der Waals surface area (Å²) in [6.07, 6.45) is 0.192. The van der Waals surface area contributed by atoms with Gasteiger partial charge >= 0.3 is 0 Å². The molecule has 0 aromatic carbocycles. The van der Waals surface area contributed by atoms with Crippen LogP contribution in [0, 0.1) is 6.92 Å². The molecule has 0 bridgehead atoms. The minimum Gasteiger partial charge on any atom is -0.267 e. The fourth-order valence-electron chi connectivity index (χ4n) is 0.552. The first-order valence-corrected chi connectivity index (χ1v) is 4.78. The zero-order chi connectivity index (χ0) is 7.82. The fourth-order valence-corrected chi connectivity index (χ4v) is 1.10. The van der Waals surface area contributed by atoms with Crippen LogP contribution >= 0.6 is 11.8 Å². The van der Waals surface area contributed by atoms with Crippen molar-refractivity contribution in [3.8, 4) is 0 Å². The van der Waals surface area contributed by atoms with E-state index in [1.807, 2.05) is 18.8 Å². The lowest BCUT2D eigenvalue weighted by molar-refractivity contribution is 0.549. The summed E-state index contributed by atoms with van der Waals surface area (Å²) in [5, 5.41) is 6.23. The van der Waals surface area contributed by atoms with Gasteiger partial charge in [0.05, 0.1) is 6.92 Å². The van der Waals surface area contributed by atoms with Crippen LogP contribution in [0.15, 0.2) is 0 Å². The molecule has 0 aliphatic carbocycles. The number of thioether (sulfide) groups is 1. The van der Waals surface area contributed by atoms with Crippen LogP contribution in [0.5, 0.6) is 0 Å². The minimum absolute atomic E-state index is 0.192. The summed E-state index contributed by atoms with van der Waals surface area (Å²) in [6.45, 7) is 7.03. The van der Waals surface area contributed by atoms with Gasteiger partial charge in [-0.1, -0.05) is 6.92 Å². The van der Waals surface area contributed by atoms with Crippen molar-refractivity contribution in [2.24, 2.45) is 0 Å². The van der Waals surface area contributed by atoms with E-state index in [2.05, 4.69) is 24.5 Å². The zero-order valence-electron chi connectivity index (χ0n) is 6.81. The fraction of sp³-hybridized carbons (Fsp3) is 0.857. The molecule has 2 N–H and O–H groups in total. The first kappa shape index (κ1) is 10.1. The van der Waals surface area contributed by atoms with Gasteiger partial charge in [-0.3, -0.25) is 10.6 Å². The largest absolute Gasteiger partial charge is 0.267 e. The summed E-state index contributed by atoms with van der Waals surface area (Å²) in [4.78, 5) is 0. The lowest BCUT2D eigenvalue weighted by Crippen LogP contribution is -2.38. The van der Waals surface area contributed by atoms with Crippen LogP contribution in [0.2, 0.25) is 0 Å². The summed E-state index contributed by atoms with van der Waals surface area (Å²) in [6, 6.07) is 0. The second-order valence-corrected chi connectivity index (χ2v) is 3.39. The lowest BCUT2D eigenvalue weighted by Gasteiger charge is -2.05. The first-order chi connectivity index (χ1) is 4.81. The Morgan fingerprint density at radius 3 is 2.80 bits per heavy atom. The van der Waals surface area contributed by atoms with E-state index in [0.717, 1.165) is 6.54 Å². The van der Waals surface area contributed by atoms with E-state index in [9.17, 15) is 0 Å². The number of nitrogens with one attached hydrogen (secondary N) is 2. The molecule has 0 aliphatic heterocycles. The Bertz CT molecular complexity index is 68.6. The number of hydrogen-bond donors (Lipinski definition) is 2. The molecule has 0 rings (SSSR count). The van der Waals surface area contributed by atoms with Crippen molar-refractivity contribution in [2.45, 2.75) is 13.1 Å². The highest BCUT2D eigenvalue weighted by atomic mass is 32.2. The summed E-state index contributed by atoms with van der Waals surface area (Å²) < 4.78 is 0. The molecule has 2 nitrogen and oxygen atoms in total. The number of hydrogen-bond acceptors (Lipinski definition) is 3. The van der Waals surface area contributed by atoms with E-state index in [1.165, 1.54) is 11.5 Å². The lowest BCUT2D eigenvalue weighted by atomic mass is 10.5. The highest BCUT2D eigenvalue weighted by Crippen LogP contribution is 1.94. The Balaban J connectivity index is 2.89. The van der Waals surface area contributed by atoms with Crippen molar-refractivity contribution < 1.29 is 0 Å². The maximum atomic E-state index is 3.82. The van der Waals surface area contributed by atoms with Crippen molar-refractivity contribution in [1.29, 1.82) is 0 Å². The molecule has 0 aromatic heterocycles. The summed E-state index contributed by atoms with van der Waals surface area (Å²) in [5.74, 6) is 2.37. The molecule has 0 fully saturated rings. The van der Waals surface area contributed by atoms with Crippen LogP contribution in [-0.4, -0.2) is 31.3 Å². The van der Waals surface area contributed by atoms with Crippen molar-refractivity contribution in [3.05, 3.63) is 6.92 Å². The third-order valence-electron chi connectivity index (χ3n) is 1.19. The highest BCUT2D eigenvalue weighted by molar-refractivity contribution is 7.99. The maximum absolute atomic E-state index is 3.82. The SMILES string of the molecule is [CH2+]C(NC)NCCSCC. The predicted molar refractivity (Wildman–Crippen MR) is 49.2 cm³/mol. The molecule has 0 saturated carbocycles. The molecule has 10 heavy (non-hydrogen) atoms. The molecule has 3 heteroatoms. The molecule has 0 amide bonds. The third kappa shape index (κ3) is 6.26. The van der Waals surface area contributed by atoms with Gasteiger partial charge < -0.3 is 0 Å². The monoisotopic (exact) mass is 161 g/mol. The topological polar surface area (TPSA) is 24.1 Å². The minimum atomic E-state index is 0.192. The molecule has 0 aliphatic rings. The van der Waals surface area contributed by atoms with Crippen molar-refractivity contribution >= 4 is 11.8 Å². The van der Waals surface area contributed by atoms with Crippen LogP contribution in [0.1, 0.15) is 6.92 Å². The molecular weight excluding hydrogens is 144 g/mol. The Hall–Kier alpha value is 0.140. The molecule has 1 atom stereocenters. The van der Waals surface area contributed by atoms with Crippen LogP contribution in [-0.2, 0) is 0 Å². The van der Waals surface area contributed by atoms with Crippen molar-refractivity contribution in [2.75, 3.05) is 25.1 Å². The molecular formula is C7H17N2S+. The second kappa shape index (κ2) is 7.25. The van der Waals surface area contributed by atoms with Gasteiger partial charge in [0.2, 0.25) is 6.17 Å². The van der Waals surface area contributed by atoms with E-state index in [0.29, 0.717) is 0 Å². The van der Waals surface area contributed by atoms with Gasteiger partial charge in [0.25, 0.3) is 0 Å². The Morgan fingerprint density at radius 1 is 1.60 bits per heavy atom. The summed E-state index contributed by atoms with van der Waals surface area (Å²) in [7, 11) is 1.90. The van der Waals surface area contributed by atoms with Gasteiger partial charge in [0.1, 0.15) is 0 Å². The van der Waals surface area contributed by atoms with Crippen molar-refractivity contribution in [1.82, 2.24) is 10.6 Å².